The molecule has 1 aromatic carbocycles. The molecule has 0 aliphatic carbocycles. The quantitative estimate of drug-likeness (QED) is 0.809. The molecule has 2 rings (SSSR count). The number of amides is 2. The van der Waals surface area contributed by atoms with Crippen LogP contribution in [0.25, 0.3) is 0 Å². The van der Waals surface area contributed by atoms with Crippen molar-refractivity contribution in [3.05, 3.63) is 69.1 Å². The van der Waals surface area contributed by atoms with Crippen LogP contribution in [0.3, 0.4) is 0 Å². The lowest BCUT2D eigenvalue weighted by atomic mass is 10.1. The number of urea groups is 1. The van der Waals surface area contributed by atoms with E-state index in [0.29, 0.717) is 5.56 Å². The first-order valence-electron chi connectivity index (χ1n) is 7.05. The maximum Gasteiger partial charge on any atom is 0.315 e. The van der Waals surface area contributed by atoms with Crippen molar-refractivity contribution < 1.29 is 13.6 Å². The van der Waals surface area contributed by atoms with Crippen molar-refractivity contribution in [2.75, 3.05) is 0 Å². The van der Waals surface area contributed by atoms with E-state index in [2.05, 4.69) is 15.6 Å². The minimum atomic E-state index is -0.990. The number of aromatic amines is 1. The summed E-state index contributed by atoms with van der Waals surface area (Å²) in [5, 5.41) is 5.02. The fraction of sp³-hybridized carbons (Fsp3) is 0.250. The van der Waals surface area contributed by atoms with Crippen molar-refractivity contribution in [1.29, 1.82) is 0 Å². The van der Waals surface area contributed by atoms with Gasteiger partial charge < -0.3 is 15.6 Å². The normalized spacial score (nSPS) is 11.8. The van der Waals surface area contributed by atoms with Gasteiger partial charge in [-0.15, -0.1) is 0 Å². The van der Waals surface area contributed by atoms with E-state index >= 15 is 0 Å². The van der Waals surface area contributed by atoms with Crippen LogP contribution in [0.15, 0.2) is 35.3 Å². The number of halogens is 2. The van der Waals surface area contributed by atoms with E-state index in [0.717, 1.165) is 11.6 Å². The number of aromatic nitrogens is 1. The van der Waals surface area contributed by atoms with E-state index in [1.807, 2.05) is 6.92 Å². The highest BCUT2D eigenvalue weighted by molar-refractivity contribution is 5.74. The first kappa shape index (κ1) is 16.7. The van der Waals surface area contributed by atoms with Crippen molar-refractivity contribution in [2.24, 2.45) is 0 Å². The van der Waals surface area contributed by atoms with Gasteiger partial charge in [0, 0.05) is 23.9 Å². The Kier molecular flexibility index (Phi) is 5.10. The predicted molar refractivity (Wildman–Crippen MR) is 81.9 cm³/mol. The van der Waals surface area contributed by atoms with Gasteiger partial charge in [0.2, 0.25) is 0 Å². The van der Waals surface area contributed by atoms with Crippen molar-refractivity contribution in [3.8, 4) is 0 Å². The van der Waals surface area contributed by atoms with Crippen LogP contribution in [0.4, 0.5) is 13.6 Å². The Labute approximate surface area is 131 Å². The molecule has 2 amide bonds. The fourth-order valence-corrected chi connectivity index (χ4v) is 2.14. The maximum atomic E-state index is 13.7. The second kappa shape index (κ2) is 7.04. The van der Waals surface area contributed by atoms with Gasteiger partial charge in [-0.25, -0.2) is 13.6 Å². The van der Waals surface area contributed by atoms with Gasteiger partial charge in [-0.05, 0) is 31.5 Å². The summed E-state index contributed by atoms with van der Waals surface area (Å²) in [6.07, 6.45) is 1.57. The third-order valence-corrected chi connectivity index (χ3v) is 3.36. The van der Waals surface area contributed by atoms with E-state index in [4.69, 9.17) is 0 Å². The molecular weight excluding hydrogens is 304 g/mol. The van der Waals surface area contributed by atoms with Gasteiger partial charge in [0.1, 0.15) is 0 Å². The highest BCUT2D eigenvalue weighted by atomic mass is 19.2. The molecule has 0 saturated carbocycles. The summed E-state index contributed by atoms with van der Waals surface area (Å²) in [7, 11) is 0. The zero-order valence-electron chi connectivity index (χ0n) is 12.7. The van der Waals surface area contributed by atoms with E-state index < -0.39 is 23.7 Å². The number of benzene rings is 1. The number of pyridine rings is 1. The Morgan fingerprint density at radius 3 is 2.83 bits per heavy atom. The topological polar surface area (TPSA) is 74.0 Å². The van der Waals surface area contributed by atoms with Crippen LogP contribution >= 0.6 is 0 Å². The number of H-pyrrole nitrogens is 1. The molecule has 0 radical (unpaired) electrons. The zero-order valence-corrected chi connectivity index (χ0v) is 12.7. The Balaban J connectivity index is 1.98. The maximum absolute atomic E-state index is 13.7. The molecule has 3 N–H and O–H groups in total. The molecule has 0 spiro atoms. The minimum Gasteiger partial charge on any atom is -0.334 e. The molecule has 2 aromatic rings. The second-order valence-electron chi connectivity index (χ2n) is 5.22. The zero-order chi connectivity index (χ0) is 17.0. The molecule has 0 bridgehead atoms. The van der Waals surface area contributed by atoms with Gasteiger partial charge in [0.15, 0.2) is 11.6 Å². The molecule has 5 nitrogen and oxygen atoms in total. The molecule has 1 heterocycles. The molecule has 0 saturated heterocycles. The standard InChI is InChI=1S/C16H17F2N3O2/c1-9-6-11(15(22)19-7-9)8-20-16(23)21-10(2)12-4-3-5-13(17)14(12)18/h3-7,10H,8H2,1-2H3,(H,19,22)(H2,20,21,23). The molecule has 7 heteroatoms. The van der Waals surface area contributed by atoms with Crippen molar-refractivity contribution in [3.63, 3.8) is 0 Å². The van der Waals surface area contributed by atoms with Crippen LogP contribution in [0.2, 0.25) is 0 Å². The van der Waals surface area contributed by atoms with Crippen molar-refractivity contribution in [1.82, 2.24) is 15.6 Å². The molecule has 0 fully saturated rings. The predicted octanol–water partition coefficient (Wildman–Crippen LogP) is 2.52. The third-order valence-electron chi connectivity index (χ3n) is 3.36. The number of carbonyl (C=O) groups is 1. The Morgan fingerprint density at radius 1 is 1.35 bits per heavy atom. The Bertz CT molecular complexity index is 774. The van der Waals surface area contributed by atoms with E-state index in [-0.39, 0.29) is 17.7 Å². The van der Waals surface area contributed by atoms with Crippen LogP contribution in [0, 0.1) is 18.6 Å². The smallest absolute Gasteiger partial charge is 0.315 e. The third kappa shape index (κ3) is 4.15. The van der Waals surface area contributed by atoms with Gasteiger partial charge >= 0.3 is 6.03 Å². The van der Waals surface area contributed by atoms with E-state index in [1.54, 1.807) is 12.3 Å². The van der Waals surface area contributed by atoms with Crippen LogP contribution in [0.1, 0.15) is 29.7 Å². The lowest BCUT2D eigenvalue weighted by Gasteiger charge is -2.16. The summed E-state index contributed by atoms with van der Waals surface area (Å²) < 4.78 is 26.8. The van der Waals surface area contributed by atoms with Crippen LogP contribution in [0.5, 0.6) is 0 Å². The number of hydrogen-bond acceptors (Lipinski definition) is 2. The lowest BCUT2D eigenvalue weighted by Crippen LogP contribution is -2.38. The van der Waals surface area contributed by atoms with Gasteiger partial charge in [-0.3, -0.25) is 4.79 Å². The van der Waals surface area contributed by atoms with Gasteiger partial charge in [0.05, 0.1) is 6.04 Å². The second-order valence-corrected chi connectivity index (χ2v) is 5.22. The molecule has 122 valence electrons. The molecule has 1 unspecified atom stereocenters. The molecule has 1 atom stereocenters. The average Bonchev–Trinajstić information content (AvgIpc) is 2.50. The molecule has 1 aromatic heterocycles. The van der Waals surface area contributed by atoms with Gasteiger partial charge in [-0.2, -0.15) is 0 Å². The fourth-order valence-electron chi connectivity index (χ4n) is 2.14. The lowest BCUT2D eigenvalue weighted by molar-refractivity contribution is 0.237. The minimum absolute atomic E-state index is 0.0290. The Hall–Kier alpha value is -2.70. The SMILES string of the molecule is Cc1c[nH]c(=O)c(CNC(=O)NC(C)c2cccc(F)c2F)c1. The average molecular weight is 321 g/mol. The number of aryl methyl sites for hydroxylation is 1. The largest absolute Gasteiger partial charge is 0.334 e. The highest BCUT2D eigenvalue weighted by Gasteiger charge is 2.16. The number of carbonyl (C=O) groups excluding carboxylic acids is 1. The van der Waals surface area contributed by atoms with Crippen molar-refractivity contribution in [2.45, 2.75) is 26.4 Å². The summed E-state index contributed by atoms with van der Waals surface area (Å²) in [6, 6.07) is 4.14. The summed E-state index contributed by atoms with van der Waals surface area (Å²) in [5.41, 5.74) is 1.02. The molecular formula is C16H17F2N3O2. The van der Waals surface area contributed by atoms with Crippen molar-refractivity contribution >= 4 is 6.03 Å². The van der Waals surface area contributed by atoms with E-state index in [1.165, 1.54) is 19.1 Å². The summed E-state index contributed by atoms with van der Waals surface area (Å²) in [5.74, 6) is -1.96. The monoisotopic (exact) mass is 321 g/mol. The summed E-state index contributed by atoms with van der Waals surface area (Å²) in [6.45, 7) is 3.38. The number of nitrogens with one attached hydrogen (secondary N) is 3. The van der Waals surface area contributed by atoms with Crippen LogP contribution < -0.4 is 16.2 Å². The van der Waals surface area contributed by atoms with Gasteiger partial charge in [0.25, 0.3) is 5.56 Å². The molecule has 0 aliphatic rings. The first-order chi connectivity index (χ1) is 10.9. The first-order valence-corrected chi connectivity index (χ1v) is 7.05. The van der Waals surface area contributed by atoms with Crippen LogP contribution in [-0.2, 0) is 6.54 Å². The van der Waals surface area contributed by atoms with Gasteiger partial charge in [-0.1, -0.05) is 12.1 Å². The summed E-state index contributed by atoms with van der Waals surface area (Å²) in [4.78, 5) is 26.0. The van der Waals surface area contributed by atoms with E-state index in [9.17, 15) is 18.4 Å². The number of rotatable bonds is 4. The molecule has 23 heavy (non-hydrogen) atoms. The molecule has 0 aliphatic heterocycles. The van der Waals surface area contributed by atoms with Crippen LogP contribution in [-0.4, -0.2) is 11.0 Å². The highest BCUT2D eigenvalue weighted by Crippen LogP contribution is 2.18. The number of hydrogen-bond donors (Lipinski definition) is 3. The summed E-state index contributed by atoms with van der Waals surface area (Å²) >= 11 is 0. The Morgan fingerprint density at radius 2 is 2.09 bits per heavy atom.